The van der Waals surface area contributed by atoms with Gasteiger partial charge >= 0.3 is 0 Å². The first-order valence-electron chi connectivity index (χ1n) is 8.07. The maximum Gasteiger partial charge on any atom is 0.123 e. The Labute approximate surface area is 124 Å². The van der Waals surface area contributed by atoms with Crippen molar-refractivity contribution < 1.29 is 4.74 Å². The van der Waals surface area contributed by atoms with E-state index in [9.17, 15) is 0 Å². The highest BCUT2D eigenvalue weighted by atomic mass is 16.5. The van der Waals surface area contributed by atoms with Gasteiger partial charge in [0.05, 0.1) is 6.10 Å². The van der Waals surface area contributed by atoms with Gasteiger partial charge in [0.2, 0.25) is 0 Å². The van der Waals surface area contributed by atoms with Crippen LogP contribution in [0.25, 0.3) is 0 Å². The fourth-order valence-corrected chi connectivity index (χ4v) is 2.45. The first-order valence-corrected chi connectivity index (χ1v) is 8.07. The highest BCUT2D eigenvalue weighted by Gasteiger charge is 2.14. The second kappa shape index (κ2) is 9.02. The summed E-state index contributed by atoms with van der Waals surface area (Å²) in [5.74, 6) is 1.60. The number of benzene rings is 1. The molecule has 1 rings (SSSR count). The van der Waals surface area contributed by atoms with Crippen molar-refractivity contribution in [3.63, 3.8) is 0 Å². The van der Waals surface area contributed by atoms with Gasteiger partial charge in [0.1, 0.15) is 5.75 Å². The topological polar surface area (TPSA) is 21.3 Å². The molecule has 0 bridgehead atoms. The van der Waals surface area contributed by atoms with Gasteiger partial charge in [-0.3, -0.25) is 0 Å². The van der Waals surface area contributed by atoms with Gasteiger partial charge in [0.15, 0.2) is 0 Å². The van der Waals surface area contributed by atoms with Crippen molar-refractivity contribution in [2.75, 3.05) is 6.54 Å². The zero-order valence-electron chi connectivity index (χ0n) is 13.8. The molecule has 0 aliphatic carbocycles. The lowest BCUT2D eigenvalue weighted by atomic mass is 9.98. The Morgan fingerprint density at radius 1 is 1.10 bits per heavy atom. The van der Waals surface area contributed by atoms with E-state index >= 15 is 0 Å². The SMILES string of the molecule is CCCNC(C)CC(C)Oc1ccccc1C(C)CC. The average molecular weight is 277 g/mol. The van der Waals surface area contributed by atoms with Crippen LogP contribution in [0.15, 0.2) is 24.3 Å². The summed E-state index contributed by atoms with van der Waals surface area (Å²) < 4.78 is 6.18. The lowest BCUT2D eigenvalue weighted by Crippen LogP contribution is -2.31. The molecular formula is C18H31NO. The zero-order chi connectivity index (χ0) is 15.0. The van der Waals surface area contributed by atoms with Crippen LogP contribution in [-0.4, -0.2) is 18.7 Å². The minimum absolute atomic E-state index is 0.236. The molecule has 0 aliphatic heterocycles. The molecule has 20 heavy (non-hydrogen) atoms. The van der Waals surface area contributed by atoms with Crippen molar-refractivity contribution in [2.24, 2.45) is 0 Å². The van der Waals surface area contributed by atoms with Crippen molar-refractivity contribution in [1.82, 2.24) is 5.32 Å². The molecule has 0 amide bonds. The van der Waals surface area contributed by atoms with Crippen molar-refractivity contribution in [2.45, 2.75) is 71.9 Å². The quantitative estimate of drug-likeness (QED) is 0.703. The van der Waals surface area contributed by atoms with Crippen molar-refractivity contribution >= 4 is 0 Å². The molecule has 2 heteroatoms. The minimum Gasteiger partial charge on any atom is -0.490 e. The van der Waals surface area contributed by atoms with Crippen LogP contribution in [0.2, 0.25) is 0 Å². The number of para-hydroxylation sites is 1. The van der Waals surface area contributed by atoms with Gasteiger partial charge in [-0.2, -0.15) is 0 Å². The summed E-state index contributed by atoms with van der Waals surface area (Å²) in [6.07, 6.45) is 3.59. The maximum atomic E-state index is 6.18. The highest BCUT2D eigenvalue weighted by molar-refractivity contribution is 5.36. The van der Waals surface area contributed by atoms with Gasteiger partial charge in [-0.1, -0.05) is 39.0 Å². The van der Waals surface area contributed by atoms with Gasteiger partial charge in [-0.15, -0.1) is 0 Å². The lowest BCUT2D eigenvalue weighted by Gasteiger charge is -2.22. The standard InChI is InChI=1S/C18H31NO/c1-6-12-19-15(4)13-16(5)20-18-11-9-8-10-17(18)14(3)7-2/h8-11,14-16,19H,6-7,12-13H2,1-5H3. The van der Waals surface area contributed by atoms with E-state index in [4.69, 9.17) is 4.74 Å². The highest BCUT2D eigenvalue weighted by Crippen LogP contribution is 2.29. The van der Waals surface area contributed by atoms with E-state index in [1.54, 1.807) is 0 Å². The van der Waals surface area contributed by atoms with Gasteiger partial charge in [0, 0.05) is 6.04 Å². The van der Waals surface area contributed by atoms with Crippen LogP contribution in [0.1, 0.15) is 65.4 Å². The normalized spacial score (nSPS) is 15.7. The third-order valence-corrected chi connectivity index (χ3v) is 3.82. The average Bonchev–Trinajstić information content (AvgIpc) is 2.44. The number of nitrogens with one attached hydrogen (secondary N) is 1. The minimum atomic E-state index is 0.236. The van der Waals surface area contributed by atoms with E-state index in [1.807, 2.05) is 0 Å². The fourth-order valence-electron chi connectivity index (χ4n) is 2.45. The van der Waals surface area contributed by atoms with Crippen LogP contribution in [0.4, 0.5) is 0 Å². The van der Waals surface area contributed by atoms with E-state index in [2.05, 4.69) is 64.2 Å². The molecule has 1 aromatic rings. The first-order chi connectivity index (χ1) is 9.58. The molecule has 0 heterocycles. The third-order valence-electron chi connectivity index (χ3n) is 3.82. The number of rotatable bonds is 9. The largest absolute Gasteiger partial charge is 0.490 e. The van der Waals surface area contributed by atoms with E-state index in [-0.39, 0.29) is 6.10 Å². The summed E-state index contributed by atoms with van der Waals surface area (Å²) in [7, 11) is 0. The Morgan fingerprint density at radius 3 is 2.45 bits per heavy atom. The maximum absolute atomic E-state index is 6.18. The molecule has 0 aromatic heterocycles. The Kier molecular flexibility index (Phi) is 7.68. The molecule has 0 saturated heterocycles. The third kappa shape index (κ3) is 5.54. The molecule has 1 N–H and O–H groups in total. The van der Waals surface area contributed by atoms with Crippen molar-refractivity contribution in [1.29, 1.82) is 0 Å². The van der Waals surface area contributed by atoms with Crippen LogP contribution in [0, 0.1) is 0 Å². The first kappa shape index (κ1) is 17.0. The number of hydrogen-bond donors (Lipinski definition) is 1. The van der Waals surface area contributed by atoms with Crippen LogP contribution in [-0.2, 0) is 0 Å². The van der Waals surface area contributed by atoms with E-state index in [0.29, 0.717) is 12.0 Å². The molecule has 114 valence electrons. The Morgan fingerprint density at radius 2 is 1.80 bits per heavy atom. The fraction of sp³-hybridized carbons (Fsp3) is 0.667. The molecule has 2 nitrogen and oxygen atoms in total. The van der Waals surface area contributed by atoms with Crippen molar-refractivity contribution in [3.8, 4) is 5.75 Å². The van der Waals surface area contributed by atoms with Gasteiger partial charge in [-0.05, 0) is 57.2 Å². The van der Waals surface area contributed by atoms with Crippen LogP contribution in [0.3, 0.4) is 0 Å². The Bertz CT molecular complexity index is 377. The molecule has 0 radical (unpaired) electrons. The lowest BCUT2D eigenvalue weighted by molar-refractivity contribution is 0.193. The van der Waals surface area contributed by atoms with E-state index < -0.39 is 0 Å². The summed E-state index contributed by atoms with van der Waals surface area (Å²) in [6.45, 7) is 12.2. The summed E-state index contributed by atoms with van der Waals surface area (Å²) in [6, 6.07) is 8.95. The van der Waals surface area contributed by atoms with Gasteiger partial charge in [0.25, 0.3) is 0 Å². The van der Waals surface area contributed by atoms with E-state index in [1.165, 1.54) is 12.0 Å². The summed E-state index contributed by atoms with van der Waals surface area (Å²) in [5, 5.41) is 3.52. The molecule has 0 spiro atoms. The van der Waals surface area contributed by atoms with Crippen LogP contribution in [0.5, 0.6) is 5.75 Å². The molecule has 3 unspecified atom stereocenters. The summed E-state index contributed by atoms with van der Waals surface area (Å²) >= 11 is 0. The zero-order valence-corrected chi connectivity index (χ0v) is 13.8. The molecule has 0 fully saturated rings. The van der Waals surface area contributed by atoms with Crippen LogP contribution < -0.4 is 10.1 Å². The predicted molar refractivity (Wildman–Crippen MR) is 87.6 cm³/mol. The van der Waals surface area contributed by atoms with Crippen molar-refractivity contribution in [3.05, 3.63) is 29.8 Å². The van der Waals surface area contributed by atoms with Gasteiger partial charge < -0.3 is 10.1 Å². The second-order valence-corrected chi connectivity index (χ2v) is 5.87. The molecule has 1 aromatic carbocycles. The summed E-state index contributed by atoms with van der Waals surface area (Å²) in [4.78, 5) is 0. The predicted octanol–water partition coefficient (Wildman–Crippen LogP) is 4.75. The molecular weight excluding hydrogens is 246 g/mol. The molecule has 0 saturated carbocycles. The Hall–Kier alpha value is -1.02. The van der Waals surface area contributed by atoms with Crippen LogP contribution >= 0.6 is 0 Å². The van der Waals surface area contributed by atoms with E-state index in [0.717, 1.165) is 25.1 Å². The Balaban J connectivity index is 2.59. The summed E-state index contributed by atoms with van der Waals surface area (Å²) in [5.41, 5.74) is 1.33. The monoisotopic (exact) mass is 277 g/mol. The smallest absolute Gasteiger partial charge is 0.123 e. The number of ether oxygens (including phenoxy) is 1. The molecule has 0 aliphatic rings. The second-order valence-electron chi connectivity index (χ2n) is 5.87. The van der Waals surface area contributed by atoms with Gasteiger partial charge in [-0.25, -0.2) is 0 Å². The number of hydrogen-bond acceptors (Lipinski definition) is 2. The molecule has 3 atom stereocenters.